The van der Waals surface area contributed by atoms with E-state index in [-0.39, 0.29) is 5.92 Å². The van der Waals surface area contributed by atoms with Crippen LogP contribution in [0.2, 0.25) is 0 Å². The predicted octanol–water partition coefficient (Wildman–Crippen LogP) is 16.0. The first-order valence-corrected chi connectivity index (χ1v) is 23.3. The summed E-state index contributed by atoms with van der Waals surface area (Å²) in [6, 6.07) is 77.8. The molecule has 12 aromatic rings. The van der Waals surface area contributed by atoms with Gasteiger partial charge in [0.15, 0.2) is 11.6 Å². The molecule has 0 amide bonds. The Morgan fingerprint density at radius 1 is 0.338 bits per heavy atom. The van der Waals surface area contributed by atoms with Gasteiger partial charge in [0.2, 0.25) is 5.95 Å². The normalized spacial score (nSPS) is 13.6. The highest BCUT2D eigenvalue weighted by Crippen LogP contribution is 2.43. The molecule has 1 unspecified atom stereocenters. The molecule has 0 bridgehead atoms. The third kappa shape index (κ3) is 6.75. The molecule has 68 heavy (non-hydrogen) atoms. The molecule has 1 aliphatic rings. The molecule has 0 spiro atoms. The van der Waals surface area contributed by atoms with Crippen molar-refractivity contribution in [2.24, 2.45) is 0 Å². The van der Waals surface area contributed by atoms with Crippen LogP contribution >= 0.6 is 0 Å². The zero-order chi connectivity index (χ0) is 45.0. The smallest absolute Gasteiger partial charge is 0.238 e. The van der Waals surface area contributed by atoms with Crippen molar-refractivity contribution in [3.63, 3.8) is 0 Å². The molecular weight excluding hydrogens is 827 g/mol. The molecule has 1 aliphatic carbocycles. The van der Waals surface area contributed by atoms with Crippen molar-refractivity contribution in [1.82, 2.24) is 24.1 Å². The minimum Gasteiger partial charge on any atom is -0.307 e. The summed E-state index contributed by atoms with van der Waals surface area (Å²) in [5, 5.41) is 4.65. The Morgan fingerprint density at radius 2 is 0.765 bits per heavy atom. The van der Waals surface area contributed by atoms with Crippen molar-refractivity contribution in [3.8, 4) is 67.8 Å². The molecule has 0 saturated heterocycles. The number of aromatic nitrogens is 5. The minimum atomic E-state index is 0.256. The van der Waals surface area contributed by atoms with Crippen molar-refractivity contribution in [2.75, 3.05) is 0 Å². The molecule has 0 aliphatic heterocycles. The van der Waals surface area contributed by atoms with E-state index in [9.17, 15) is 0 Å². The summed E-state index contributed by atoms with van der Waals surface area (Å²) < 4.78 is 4.76. The second-order valence-corrected chi connectivity index (χ2v) is 17.5. The van der Waals surface area contributed by atoms with E-state index in [1.165, 1.54) is 44.3 Å². The highest BCUT2D eigenvalue weighted by molar-refractivity contribution is 6.23. The third-order valence-electron chi connectivity index (χ3n) is 13.6. The lowest BCUT2D eigenvalue weighted by atomic mass is 9.91. The Morgan fingerprint density at radius 3 is 1.31 bits per heavy atom. The summed E-state index contributed by atoms with van der Waals surface area (Å²) in [7, 11) is 0. The largest absolute Gasteiger partial charge is 0.307 e. The molecule has 3 heterocycles. The van der Waals surface area contributed by atoms with Crippen LogP contribution in [0.5, 0.6) is 0 Å². The highest BCUT2D eigenvalue weighted by Gasteiger charge is 2.25. The van der Waals surface area contributed by atoms with E-state index in [0.29, 0.717) is 17.6 Å². The number of benzene rings is 9. The summed E-state index contributed by atoms with van der Waals surface area (Å²) in [5.74, 6) is 2.04. The maximum atomic E-state index is 5.41. The molecule has 1 atom stereocenters. The molecule has 0 fully saturated rings. The van der Waals surface area contributed by atoms with Gasteiger partial charge in [-0.3, -0.25) is 4.57 Å². The topological polar surface area (TPSA) is 48.5 Å². The standard InChI is InChI=1S/C63H43N5/c1-4-16-42(17-5-1)43-28-30-44(31-29-43)45-32-34-46(35-33-45)47-36-38-50(39-37-47)62-64-61(49-20-8-3-9-21-49)65-63(66-62)68-58-27-15-12-24-53(58)55-41-40-54-52-23-11-14-26-57(52)67(59(54)60(55)68)56-25-13-10-22-51(56)48-18-6-2-7-19-48/h1-18,20-41,48H,19H2. The quantitative estimate of drug-likeness (QED) is 0.153. The van der Waals surface area contributed by atoms with Crippen molar-refractivity contribution in [3.05, 3.63) is 248 Å². The van der Waals surface area contributed by atoms with Gasteiger partial charge in [-0.2, -0.15) is 9.97 Å². The number of rotatable bonds is 8. The predicted molar refractivity (Wildman–Crippen MR) is 281 cm³/mol. The second kappa shape index (κ2) is 16.5. The number of hydrogen-bond acceptors (Lipinski definition) is 3. The Kier molecular flexibility index (Phi) is 9.57. The summed E-state index contributed by atoms with van der Waals surface area (Å²) in [6.07, 6.45) is 9.87. The van der Waals surface area contributed by atoms with Crippen molar-refractivity contribution in [1.29, 1.82) is 0 Å². The zero-order valence-electron chi connectivity index (χ0n) is 37.1. The van der Waals surface area contributed by atoms with Crippen molar-refractivity contribution >= 4 is 43.6 Å². The van der Waals surface area contributed by atoms with Crippen LogP contribution < -0.4 is 0 Å². The number of para-hydroxylation sites is 3. The van der Waals surface area contributed by atoms with Gasteiger partial charge in [-0.05, 0) is 63.6 Å². The van der Waals surface area contributed by atoms with E-state index in [0.717, 1.165) is 61.5 Å². The Bertz CT molecular complexity index is 3900. The van der Waals surface area contributed by atoms with E-state index in [2.05, 4.69) is 234 Å². The summed E-state index contributed by atoms with van der Waals surface area (Å²) >= 11 is 0. The van der Waals surface area contributed by atoms with E-state index < -0.39 is 0 Å². The van der Waals surface area contributed by atoms with E-state index in [1.54, 1.807) is 0 Å². The minimum absolute atomic E-state index is 0.256. The average molecular weight is 870 g/mol. The lowest BCUT2D eigenvalue weighted by Gasteiger charge is -2.20. The average Bonchev–Trinajstić information content (AvgIpc) is 3.95. The molecule has 13 rings (SSSR count). The lowest BCUT2D eigenvalue weighted by molar-refractivity contribution is 0.843. The molecule has 3 aromatic heterocycles. The van der Waals surface area contributed by atoms with Gasteiger partial charge >= 0.3 is 0 Å². The number of nitrogens with zero attached hydrogens (tertiary/aromatic N) is 5. The van der Waals surface area contributed by atoms with Gasteiger partial charge in [-0.15, -0.1) is 0 Å². The fourth-order valence-electron chi connectivity index (χ4n) is 10.2. The molecule has 0 radical (unpaired) electrons. The van der Waals surface area contributed by atoms with Crippen LogP contribution in [0.15, 0.2) is 243 Å². The summed E-state index contributed by atoms with van der Waals surface area (Å²) in [6.45, 7) is 0. The number of hydrogen-bond donors (Lipinski definition) is 0. The van der Waals surface area contributed by atoms with Gasteiger partial charge < -0.3 is 4.57 Å². The summed E-state index contributed by atoms with van der Waals surface area (Å²) in [5.41, 5.74) is 15.7. The molecular formula is C63H43N5. The molecule has 5 nitrogen and oxygen atoms in total. The fraction of sp³-hybridized carbons (Fsp3) is 0.0317. The first kappa shape index (κ1) is 39.4. The Balaban J connectivity index is 0.961. The van der Waals surface area contributed by atoms with Gasteiger partial charge in [0, 0.05) is 38.6 Å². The second-order valence-electron chi connectivity index (χ2n) is 17.5. The Hall–Kier alpha value is -8.93. The van der Waals surface area contributed by atoms with E-state index >= 15 is 0 Å². The zero-order valence-corrected chi connectivity index (χ0v) is 37.1. The lowest BCUT2D eigenvalue weighted by Crippen LogP contribution is -2.08. The van der Waals surface area contributed by atoms with Crippen molar-refractivity contribution in [2.45, 2.75) is 12.3 Å². The van der Waals surface area contributed by atoms with Crippen LogP contribution in [0, 0.1) is 0 Å². The summed E-state index contributed by atoms with van der Waals surface area (Å²) in [4.78, 5) is 16.0. The molecule has 9 aromatic carbocycles. The fourth-order valence-corrected chi connectivity index (χ4v) is 10.2. The number of allylic oxidation sites excluding steroid dienone is 4. The van der Waals surface area contributed by atoms with Crippen LogP contribution in [-0.4, -0.2) is 24.1 Å². The highest BCUT2D eigenvalue weighted by atomic mass is 15.2. The maximum Gasteiger partial charge on any atom is 0.238 e. The molecule has 5 heteroatoms. The van der Waals surface area contributed by atoms with Crippen LogP contribution in [0.25, 0.3) is 111 Å². The van der Waals surface area contributed by atoms with Gasteiger partial charge in [-0.1, -0.05) is 224 Å². The van der Waals surface area contributed by atoms with E-state index in [1.807, 2.05) is 18.2 Å². The van der Waals surface area contributed by atoms with Gasteiger partial charge in [0.05, 0.1) is 27.8 Å². The van der Waals surface area contributed by atoms with Crippen LogP contribution in [0.3, 0.4) is 0 Å². The third-order valence-corrected chi connectivity index (χ3v) is 13.6. The van der Waals surface area contributed by atoms with Crippen molar-refractivity contribution < 1.29 is 0 Å². The Labute approximate surface area is 394 Å². The maximum absolute atomic E-state index is 5.41. The van der Waals surface area contributed by atoms with Crippen LogP contribution in [0.1, 0.15) is 17.9 Å². The first-order chi connectivity index (χ1) is 33.7. The monoisotopic (exact) mass is 869 g/mol. The van der Waals surface area contributed by atoms with Gasteiger partial charge in [-0.25, -0.2) is 4.98 Å². The van der Waals surface area contributed by atoms with Crippen LogP contribution in [-0.2, 0) is 0 Å². The van der Waals surface area contributed by atoms with Gasteiger partial charge in [0.25, 0.3) is 0 Å². The first-order valence-electron chi connectivity index (χ1n) is 23.3. The van der Waals surface area contributed by atoms with Gasteiger partial charge in [0.1, 0.15) is 0 Å². The molecule has 0 N–H and O–H groups in total. The van der Waals surface area contributed by atoms with Crippen LogP contribution in [0.4, 0.5) is 0 Å². The molecule has 0 saturated carbocycles. The SMILES string of the molecule is C1=CCC(c2ccccc2-n2c3ccccc3c3ccc4c5ccccc5n(-c5nc(-c6ccccc6)nc(-c6ccc(-c7ccc(-c8ccc(-c9ccccc9)cc8)cc7)cc6)n5)c4c32)C=C1. The number of fused-ring (bicyclic) bond motifs is 7. The van der Waals surface area contributed by atoms with E-state index in [4.69, 9.17) is 15.0 Å². The molecule has 320 valence electrons.